The third-order valence-corrected chi connectivity index (χ3v) is 4.82. The molecule has 7 heteroatoms. The minimum absolute atomic E-state index is 0.0483. The van der Waals surface area contributed by atoms with E-state index in [1.165, 1.54) is 11.0 Å². The van der Waals surface area contributed by atoms with Crippen LogP contribution in [0.2, 0.25) is 0 Å². The Balaban J connectivity index is 1.79. The maximum atomic E-state index is 12.6. The average Bonchev–Trinajstić information content (AvgIpc) is 3.23. The summed E-state index contributed by atoms with van der Waals surface area (Å²) in [6.07, 6.45) is 1.88. The van der Waals surface area contributed by atoms with Crippen molar-refractivity contribution in [1.82, 2.24) is 19.9 Å². The van der Waals surface area contributed by atoms with Crippen molar-refractivity contribution in [2.75, 3.05) is 13.1 Å². The minimum Gasteiger partial charge on any atom is -0.481 e. The summed E-state index contributed by atoms with van der Waals surface area (Å²) in [7, 11) is 0. The molecule has 1 saturated heterocycles. The van der Waals surface area contributed by atoms with E-state index in [2.05, 4.69) is 10.2 Å². The van der Waals surface area contributed by atoms with E-state index in [9.17, 15) is 14.7 Å². The number of benzene rings is 1. The molecule has 1 aliphatic rings. The Morgan fingerprint density at radius 2 is 1.96 bits per heavy atom. The van der Waals surface area contributed by atoms with Crippen LogP contribution in [0.25, 0.3) is 5.69 Å². The van der Waals surface area contributed by atoms with Crippen molar-refractivity contribution in [3.05, 3.63) is 42.2 Å². The van der Waals surface area contributed by atoms with Crippen LogP contribution in [-0.2, 0) is 4.79 Å². The molecule has 2 heterocycles. The zero-order valence-electron chi connectivity index (χ0n) is 13.7. The number of aromatic nitrogens is 3. The van der Waals surface area contributed by atoms with Crippen LogP contribution in [0.3, 0.4) is 0 Å². The summed E-state index contributed by atoms with van der Waals surface area (Å²) in [4.78, 5) is 27.3. The number of hydrogen-bond acceptors (Lipinski definition) is 4. The number of rotatable bonds is 4. The molecule has 0 saturated carbocycles. The first-order chi connectivity index (χ1) is 11.4. The van der Waals surface area contributed by atoms with Gasteiger partial charge in [0.1, 0.15) is 0 Å². The number of nitrogens with zero attached hydrogens (tertiary/aromatic N) is 4. The Bertz CT molecular complexity index is 756. The highest BCUT2D eigenvalue weighted by molar-refractivity contribution is 5.93. The second-order valence-electron chi connectivity index (χ2n) is 6.45. The molecule has 1 unspecified atom stereocenters. The van der Waals surface area contributed by atoms with E-state index in [0.29, 0.717) is 13.0 Å². The summed E-state index contributed by atoms with van der Waals surface area (Å²) >= 11 is 0. The number of carbonyl (C=O) groups excluding carboxylic acids is 1. The van der Waals surface area contributed by atoms with E-state index in [1.807, 2.05) is 44.2 Å². The van der Waals surface area contributed by atoms with Gasteiger partial charge in [-0.3, -0.25) is 9.59 Å². The summed E-state index contributed by atoms with van der Waals surface area (Å²) in [5.74, 6) is -1.17. The van der Waals surface area contributed by atoms with Crippen molar-refractivity contribution in [1.29, 1.82) is 0 Å². The SMILES string of the molecule is CC(C)C1(C(=O)O)CCN(C(=O)c2cnn(-c3ccccc3)n2)C1. The number of para-hydroxylation sites is 1. The second kappa shape index (κ2) is 6.07. The Morgan fingerprint density at radius 3 is 2.54 bits per heavy atom. The van der Waals surface area contributed by atoms with Crippen molar-refractivity contribution in [2.45, 2.75) is 20.3 Å². The van der Waals surface area contributed by atoms with Gasteiger partial charge in [0.2, 0.25) is 0 Å². The molecule has 1 atom stereocenters. The van der Waals surface area contributed by atoms with Crippen LogP contribution < -0.4 is 0 Å². The van der Waals surface area contributed by atoms with Crippen LogP contribution in [0.5, 0.6) is 0 Å². The normalized spacial score (nSPS) is 20.5. The van der Waals surface area contributed by atoms with Crippen LogP contribution in [0.15, 0.2) is 36.5 Å². The van der Waals surface area contributed by atoms with Gasteiger partial charge in [0.25, 0.3) is 5.91 Å². The fourth-order valence-electron chi connectivity index (χ4n) is 3.11. The fraction of sp³-hybridized carbons (Fsp3) is 0.412. The summed E-state index contributed by atoms with van der Waals surface area (Å²) < 4.78 is 0. The number of aliphatic carboxylic acids is 1. The standard InChI is InChI=1S/C17H20N4O3/c1-12(2)17(16(23)24)8-9-20(11-17)15(22)14-10-18-21(19-14)13-6-4-3-5-7-13/h3-7,10,12H,8-9,11H2,1-2H3,(H,23,24). The smallest absolute Gasteiger partial charge is 0.311 e. The molecule has 7 nitrogen and oxygen atoms in total. The lowest BCUT2D eigenvalue weighted by Gasteiger charge is -2.28. The van der Waals surface area contributed by atoms with Gasteiger partial charge in [0.15, 0.2) is 5.69 Å². The molecule has 1 N–H and O–H groups in total. The van der Waals surface area contributed by atoms with Crippen LogP contribution >= 0.6 is 0 Å². The molecule has 3 rings (SSSR count). The highest BCUT2D eigenvalue weighted by Gasteiger charge is 2.48. The molecule has 1 fully saturated rings. The lowest BCUT2D eigenvalue weighted by molar-refractivity contribution is -0.150. The number of carbonyl (C=O) groups is 2. The summed E-state index contributed by atoms with van der Waals surface area (Å²) in [5.41, 5.74) is 0.106. The number of hydrogen-bond donors (Lipinski definition) is 1. The third kappa shape index (κ3) is 2.66. The fourth-order valence-corrected chi connectivity index (χ4v) is 3.11. The van der Waals surface area contributed by atoms with E-state index in [0.717, 1.165) is 5.69 Å². The first kappa shape index (κ1) is 16.2. The van der Waals surface area contributed by atoms with E-state index in [4.69, 9.17) is 0 Å². The van der Waals surface area contributed by atoms with Crippen LogP contribution in [-0.4, -0.2) is 50.0 Å². The molecular formula is C17H20N4O3. The first-order valence-corrected chi connectivity index (χ1v) is 7.94. The number of likely N-dealkylation sites (tertiary alicyclic amines) is 1. The molecule has 0 radical (unpaired) electrons. The zero-order chi connectivity index (χ0) is 17.3. The largest absolute Gasteiger partial charge is 0.481 e. The van der Waals surface area contributed by atoms with Crippen LogP contribution in [0.4, 0.5) is 0 Å². The predicted octanol–water partition coefficient (Wildman–Crippen LogP) is 1.84. The second-order valence-corrected chi connectivity index (χ2v) is 6.45. The number of carboxylic acid groups (broad SMARTS) is 1. The highest BCUT2D eigenvalue weighted by atomic mass is 16.4. The van der Waals surface area contributed by atoms with Crippen molar-refractivity contribution >= 4 is 11.9 Å². The molecule has 1 aliphatic heterocycles. The average molecular weight is 328 g/mol. The molecule has 24 heavy (non-hydrogen) atoms. The van der Waals surface area contributed by atoms with E-state index < -0.39 is 11.4 Å². The van der Waals surface area contributed by atoms with E-state index >= 15 is 0 Å². The van der Waals surface area contributed by atoms with Gasteiger partial charge in [0.05, 0.1) is 17.3 Å². The van der Waals surface area contributed by atoms with Crippen LogP contribution in [0, 0.1) is 11.3 Å². The molecule has 1 amide bonds. The zero-order valence-corrected chi connectivity index (χ0v) is 13.7. The molecule has 1 aromatic carbocycles. The quantitative estimate of drug-likeness (QED) is 0.925. The summed E-state index contributed by atoms with van der Waals surface area (Å²) in [5, 5.41) is 17.9. The van der Waals surface area contributed by atoms with Crippen LogP contribution in [0.1, 0.15) is 30.8 Å². The van der Waals surface area contributed by atoms with Crippen molar-refractivity contribution in [3.8, 4) is 5.69 Å². The van der Waals surface area contributed by atoms with Gasteiger partial charge >= 0.3 is 5.97 Å². The molecule has 126 valence electrons. The Labute approximate surface area is 139 Å². The highest BCUT2D eigenvalue weighted by Crippen LogP contribution is 2.38. The van der Waals surface area contributed by atoms with Crippen molar-refractivity contribution in [2.24, 2.45) is 11.3 Å². The molecule has 0 spiro atoms. The summed E-state index contributed by atoms with van der Waals surface area (Å²) in [6.45, 7) is 4.39. The van der Waals surface area contributed by atoms with Gasteiger partial charge < -0.3 is 10.0 Å². The first-order valence-electron chi connectivity index (χ1n) is 7.94. The predicted molar refractivity (Wildman–Crippen MR) is 86.8 cm³/mol. The van der Waals surface area contributed by atoms with Crippen molar-refractivity contribution < 1.29 is 14.7 Å². The van der Waals surface area contributed by atoms with E-state index in [-0.39, 0.29) is 24.1 Å². The molecule has 2 aromatic rings. The summed E-state index contributed by atoms with van der Waals surface area (Å²) in [6, 6.07) is 9.31. The molecule has 1 aromatic heterocycles. The van der Waals surface area contributed by atoms with Gasteiger partial charge in [-0.15, -0.1) is 5.10 Å². The molecular weight excluding hydrogens is 308 g/mol. The Morgan fingerprint density at radius 1 is 1.25 bits per heavy atom. The number of carboxylic acids is 1. The number of amides is 1. The third-order valence-electron chi connectivity index (χ3n) is 4.82. The lowest BCUT2D eigenvalue weighted by atomic mass is 9.76. The Kier molecular flexibility index (Phi) is 4.09. The van der Waals surface area contributed by atoms with Gasteiger partial charge in [-0.25, -0.2) is 0 Å². The monoisotopic (exact) mass is 328 g/mol. The van der Waals surface area contributed by atoms with Gasteiger partial charge in [-0.05, 0) is 24.5 Å². The lowest BCUT2D eigenvalue weighted by Crippen LogP contribution is -2.40. The van der Waals surface area contributed by atoms with E-state index in [1.54, 1.807) is 4.90 Å². The Hall–Kier alpha value is -2.70. The van der Waals surface area contributed by atoms with Crippen molar-refractivity contribution in [3.63, 3.8) is 0 Å². The maximum absolute atomic E-state index is 12.6. The van der Waals surface area contributed by atoms with Gasteiger partial charge in [0, 0.05) is 13.1 Å². The molecule has 0 aliphatic carbocycles. The molecule has 0 bridgehead atoms. The minimum atomic E-state index is -0.884. The van der Waals surface area contributed by atoms with Gasteiger partial charge in [-0.2, -0.15) is 9.90 Å². The maximum Gasteiger partial charge on any atom is 0.311 e. The van der Waals surface area contributed by atoms with Gasteiger partial charge in [-0.1, -0.05) is 32.0 Å². The topological polar surface area (TPSA) is 88.3 Å².